The maximum atomic E-state index is 6.00. The van der Waals surface area contributed by atoms with Crippen molar-refractivity contribution >= 4 is 11.0 Å². The van der Waals surface area contributed by atoms with Crippen molar-refractivity contribution in [1.82, 2.24) is 14.9 Å². The lowest BCUT2D eigenvalue weighted by molar-refractivity contribution is 0.170. The monoisotopic (exact) mass is 244 g/mol. The molecule has 2 unspecified atom stereocenters. The summed E-state index contributed by atoms with van der Waals surface area (Å²) < 4.78 is 0. The van der Waals surface area contributed by atoms with Crippen molar-refractivity contribution in [3.8, 4) is 0 Å². The number of likely N-dealkylation sites (N-methyl/N-ethyl adjacent to an activating group) is 1. The number of aromatic nitrogens is 2. The molecule has 0 aliphatic carbocycles. The van der Waals surface area contributed by atoms with E-state index in [1.165, 1.54) is 5.56 Å². The molecule has 2 heterocycles. The van der Waals surface area contributed by atoms with Crippen molar-refractivity contribution in [3.05, 3.63) is 29.6 Å². The molecule has 1 aromatic carbocycles. The fourth-order valence-electron chi connectivity index (χ4n) is 2.96. The van der Waals surface area contributed by atoms with Crippen molar-refractivity contribution in [2.75, 3.05) is 13.6 Å². The maximum absolute atomic E-state index is 6.00. The number of piperidine rings is 1. The van der Waals surface area contributed by atoms with Gasteiger partial charge in [0.2, 0.25) is 0 Å². The Labute approximate surface area is 107 Å². The van der Waals surface area contributed by atoms with Gasteiger partial charge >= 0.3 is 0 Å². The first-order valence-corrected chi connectivity index (χ1v) is 6.55. The number of hydrogen-bond acceptors (Lipinski definition) is 3. The highest BCUT2D eigenvalue weighted by molar-refractivity contribution is 5.76. The van der Waals surface area contributed by atoms with Gasteiger partial charge in [-0.15, -0.1) is 0 Å². The molecule has 1 saturated heterocycles. The average Bonchev–Trinajstić information content (AvgIpc) is 2.68. The van der Waals surface area contributed by atoms with Gasteiger partial charge in [0, 0.05) is 18.6 Å². The largest absolute Gasteiger partial charge is 0.342 e. The second kappa shape index (κ2) is 4.37. The number of nitrogens with zero attached hydrogens (tertiary/aromatic N) is 2. The first-order valence-electron chi connectivity index (χ1n) is 6.55. The number of aromatic amines is 1. The molecule has 1 aliphatic heterocycles. The van der Waals surface area contributed by atoms with Gasteiger partial charge in [-0.1, -0.05) is 6.07 Å². The minimum Gasteiger partial charge on any atom is -0.342 e. The van der Waals surface area contributed by atoms with Crippen LogP contribution >= 0.6 is 0 Å². The molecule has 0 saturated carbocycles. The van der Waals surface area contributed by atoms with Crippen molar-refractivity contribution < 1.29 is 0 Å². The Morgan fingerprint density at radius 3 is 3.00 bits per heavy atom. The SMILES string of the molecule is Cc1nc2ccc(C3CCC(N)CN3C)cc2[nH]1. The molecule has 1 aromatic heterocycles. The zero-order valence-corrected chi connectivity index (χ0v) is 11.0. The second-order valence-corrected chi connectivity index (χ2v) is 5.39. The van der Waals surface area contributed by atoms with Gasteiger partial charge in [0.15, 0.2) is 0 Å². The highest BCUT2D eigenvalue weighted by Gasteiger charge is 2.24. The Balaban J connectivity index is 1.93. The minimum atomic E-state index is 0.324. The lowest BCUT2D eigenvalue weighted by Gasteiger charge is -2.36. The van der Waals surface area contributed by atoms with Gasteiger partial charge in [-0.05, 0) is 44.5 Å². The van der Waals surface area contributed by atoms with Crippen LogP contribution in [0.25, 0.3) is 11.0 Å². The third kappa shape index (κ3) is 2.02. The van der Waals surface area contributed by atoms with E-state index in [0.717, 1.165) is 36.2 Å². The van der Waals surface area contributed by atoms with Crippen LogP contribution in [0.15, 0.2) is 18.2 Å². The molecule has 1 aliphatic rings. The molecule has 3 N–H and O–H groups in total. The number of likely N-dealkylation sites (tertiary alicyclic amines) is 1. The normalized spacial score (nSPS) is 25.7. The molecule has 1 fully saturated rings. The molecular weight excluding hydrogens is 224 g/mol. The van der Waals surface area contributed by atoms with Crippen molar-refractivity contribution in [3.63, 3.8) is 0 Å². The summed E-state index contributed by atoms with van der Waals surface area (Å²) in [5.41, 5.74) is 9.54. The van der Waals surface area contributed by atoms with Crippen LogP contribution in [0.2, 0.25) is 0 Å². The van der Waals surface area contributed by atoms with Crippen LogP contribution in [0.3, 0.4) is 0 Å². The number of imidazole rings is 1. The first-order chi connectivity index (χ1) is 8.63. The van der Waals surface area contributed by atoms with Gasteiger partial charge in [-0.3, -0.25) is 4.90 Å². The number of fused-ring (bicyclic) bond motifs is 1. The highest BCUT2D eigenvalue weighted by Crippen LogP contribution is 2.30. The van der Waals surface area contributed by atoms with Crippen LogP contribution in [-0.4, -0.2) is 34.5 Å². The lowest BCUT2D eigenvalue weighted by atomic mass is 9.93. The number of H-pyrrole nitrogens is 1. The topological polar surface area (TPSA) is 57.9 Å². The van der Waals surface area contributed by atoms with Gasteiger partial charge in [0.05, 0.1) is 11.0 Å². The van der Waals surface area contributed by atoms with E-state index < -0.39 is 0 Å². The van der Waals surface area contributed by atoms with E-state index in [9.17, 15) is 0 Å². The number of nitrogens with one attached hydrogen (secondary N) is 1. The van der Waals surface area contributed by atoms with Crippen molar-refractivity contribution in [2.45, 2.75) is 31.8 Å². The van der Waals surface area contributed by atoms with Crippen LogP contribution in [0.5, 0.6) is 0 Å². The second-order valence-electron chi connectivity index (χ2n) is 5.39. The molecule has 2 atom stereocenters. The van der Waals surface area contributed by atoms with E-state index in [-0.39, 0.29) is 0 Å². The highest BCUT2D eigenvalue weighted by atomic mass is 15.1. The predicted molar refractivity (Wildman–Crippen MR) is 73.4 cm³/mol. The Kier molecular flexibility index (Phi) is 2.84. The smallest absolute Gasteiger partial charge is 0.104 e. The lowest BCUT2D eigenvalue weighted by Crippen LogP contribution is -2.42. The van der Waals surface area contributed by atoms with E-state index in [0.29, 0.717) is 12.1 Å². The molecule has 4 heteroatoms. The van der Waals surface area contributed by atoms with Crippen molar-refractivity contribution in [1.29, 1.82) is 0 Å². The molecule has 0 amide bonds. The van der Waals surface area contributed by atoms with E-state index in [1.54, 1.807) is 0 Å². The summed E-state index contributed by atoms with van der Waals surface area (Å²) in [4.78, 5) is 10.1. The summed E-state index contributed by atoms with van der Waals surface area (Å²) >= 11 is 0. The van der Waals surface area contributed by atoms with Crippen LogP contribution in [0.1, 0.15) is 30.3 Å². The van der Waals surface area contributed by atoms with Crippen LogP contribution in [0, 0.1) is 6.92 Å². The number of aryl methyl sites for hydroxylation is 1. The van der Waals surface area contributed by atoms with Crippen LogP contribution < -0.4 is 5.73 Å². The third-order valence-corrected chi connectivity index (χ3v) is 3.87. The predicted octanol–water partition coefficient (Wildman–Crippen LogP) is 1.97. The van der Waals surface area contributed by atoms with Crippen LogP contribution in [0.4, 0.5) is 0 Å². The Bertz CT molecular complexity index is 560. The molecule has 96 valence electrons. The number of nitrogens with two attached hydrogens (primary N) is 1. The molecule has 0 bridgehead atoms. The zero-order valence-electron chi connectivity index (χ0n) is 11.0. The molecule has 0 radical (unpaired) electrons. The summed E-state index contributed by atoms with van der Waals surface area (Å²) in [6.07, 6.45) is 2.24. The summed E-state index contributed by atoms with van der Waals surface area (Å²) in [6.45, 7) is 2.97. The molecule has 3 rings (SSSR count). The summed E-state index contributed by atoms with van der Waals surface area (Å²) in [6, 6.07) is 7.34. The Hall–Kier alpha value is -1.39. The summed E-state index contributed by atoms with van der Waals surface area (Å²) in [5.74, 6) is 0.973. The Morgan fingerprint density at radius 2 is 2.22 bits per heavy atom. The average molecular weight is 244 g/mol. The summed E-state index contributed by atoms with van der Waals surface area (Å²) in [7, 11) is 2.16. The minimum absolute atomic E-state index is 0.324. The van der Waals surface area contributed by atoms with Gasteiger partial charge in [-0.2, -0.15) is 0 Å². The zero-order chi connectivity index (χ0) is 12.7. The van der Waals surface area contributed by atoms with E-state index >= 15 is 0 Å². The third-order valence-electron chi connectivity index (χ3n) is 3.87. The Morgan fingerprint density at radius 1 is 1.39 bits per heavy atom. The van der Waals surface area contributed by atoms with E-state index in [2.05, 4.69) is 40.1 Å². The van der Waals surface area contributed by atoms with Gasteiger partial charge in [-0.25, -0.2) is 4.98 Å². The maximum Gasteiger partial charge on any atom is 0.104 e. The first kappa shape index (κ1) is 11.7. The van der Waals surface area contributed by atoms with Gasteiger partial charge in [0.1, 0.15) is 5.82 Å². The molecule has 0 spiro atoms. The quantitative estimate of drug-likeness (QED) is 0.806. The van der Waals surface area contributed by atoms with Crippen molar-refractivity contribution in [2.24, 2.45) is 5.73 Å². The summed E-state index contributed by atoms with van der Waals surface area (Å²) in [5, 5.41) is 0. The molecular formula is C14H20N4. The van der Waals surface area contributed by atoms with Gasteiger partial charge < -0.3 is 10.7 Å². The fourth-order valence-corrected chi connectivity index (χ4v) is 2.96. The standard InChI is InChI=1S/C14H20N4/c1-9-16-12-5-3-10(7-13(12)17-9)14-6-4-11(15)8-18(14)2/h3,5,7,11,14H,4,6,8,15H2,1-2H3,(H,16,17). The van der Waals surface area contributed by atoms with Gasteiger partial charge in [0.25, 0.3) is 0 Å². The molecule has 18 heavy (non-hydrogen) atoms. The van der Waals surface area contributed by atoms with E-state index in [4.69, 9.17) is 5.73 Å². The van der Waals surface area contributed by atoms with E-state index in [1.807, 2.05) is 6.92 Å². The molecule has 2 aromatic rings. The fraction of sp³-hybridized carbons (Fsp3) is 0.500. The number of hydrogen-bond donors (Lipinski definition) is 2. The number of rotatable bonds is 1. The number of benzene rings is 1. The molecule has 4 nitrogen and oxygen atoms in total. The van der Waals surface area contributed by atoms with Crippen LogP contribution in [-0.2, 0) is 0 Å².